The molecule has 19 heavy (non-hydrogen) atoms. The highest BCUT2D eigenvalue weighted by Crippen LogP contribution is 2.30. The summed E-state index contributed by atoms with van der Waals surface area (Å²) >= 11 is 1.99. The number of halogens is 1. The second-order valence-electron chi connectivity index (χ2n) is 4.83. The molecule has 4 heteroatoms. The van der Waals surface area contributed by atoms with Crippen LogP contribution in [0, 0.1) is 17.1 Å². The van der Waals surface area contributed by atoms with Gasteiger partial charge in [0, 0.05) is 17.8 Å². The van der Waals surface area contributed by atoms with Crippen LogP contribution in [0.25, 0.3) is 0 Å². The number of rotatable bonds is 5. The van der Waals surface area contributed by atoms with E-state index in [-0.39, 0.29) is 5.82 Å². The fraction of sp³-hybridized carbons (Fsp3) is 0.533. The van der Waals surface area contributed by atoms with Crippen molar-refractivity contribution < 1.29 is 4.39 Å². The summed E-state index contributed by atoms with van der Waals surface area (Å²) < 4.78 is 13.2. The molecule has 0 aliphatic heterocycles. The van der Waals surface area contributed by atoms with Crippen LogP contribution in [0.1, 0.15) is 37.3 Å². The molecule has 1 aromatic carbocycles. The van der Waals surface area contributed by atoms with Crippen LogP contribution in [0.5, 0.6) is 0 Å². The summed E-state index contributed by atoms with van der Waals surface area (Å²) in [6.07, 6.45) is 3.68. The molecule has 1 saturated carbocycles. The Bertz CT molecular complexity index is 470. The van der Waals surface area contributed by atoms with Crippen molar-refractivity contribution in [2.75, 3.05) is 5.75 Å². The van der Waals surface area contributed by atoms with Gasteiger partial charge in [-0.15, -0.1) is 0 Å². The first-order valence-electron chi connectivity index (χ1n) is 6.78. The zero-order valence-electron chi connectivity index (χ0n) is 11.2. The van der Waals surface area contributed by atoms with Crippen molar-refractivity contribution in [1.82, 2.24) is 5.32 Å². The van der Waals surface area contributed by atoms with Crippen molar-refractivity contribution in [3.05, 3.63) is 35.1 Å². The SMILES string of the molecule is CCSC1CCCC1NCc1cc(F)ccc1C#N. The fourth-order valence-electron chi connectivity index (χ4n) is 2.63. The van der Waals surface area contributed by atoms with Gasteiger partial charge in [-0.05, 0) is 42.4 Å². The summed E-state index contributed by atoms with van der Waals surface area (Å²) in [5.41, 5.74) is 1.32. The zero-order valence-corrected chi connectivity index (χ0v) is 12.0. The predicted molar refractivity (Wildman–Crippen MR) is 77.5 cm³/mol. The van der Waals surface area contributed by atoms with Crippen molar-refractivity contribution in [3.63, 3.8) is 0 Å². The van der Waals surface area contributed by atoms with Gasteiger partial charge in [-0.2, -0.15) is 17.0 Å². The lowest BCUT2D eigenvalue weighted by Crippen LogP contribution is -2.33. The van der Waals surface area contributed by atoms with Crippen LogP contribution < -0.4 is 5.32 Å². The van der Waals surface area contributed by atoms with E-state index in [0.717, 1.165) is 11.3 Å². The molecule has 1 fully saturated rings. The molecule has 2 atom stereocenters. The van der Waals surface area contributed by atoms with Crippen molar-refractivity contribution in [3.8, 4) is 6.07 Å². The predicted octanol–water partition coefficient (Wildman–Crippen LogP) is 3.46. The van der Waals surface area contributed by atoms with Crippen LogP contribution in [-0.2, 0) is 6.54 Å². The van der Waals surface area contributed by atoms with E-state index in [1.807, 2.05) is 11.8 Å². The van der Waals surface area contributed by atoms with Crippen LogP contribution >= 0.6 is 11.8 Å². The monoisotopic (exact) mass is 278 g/mol. The summed E-state index contributed by atoms with van der Waals surface area (Å²) in [5, 5.41) is 13.2. The molecule has 1 N–H and O–H groups in total. The van der Waals surface area contributed by atoms with Gasteiger partial charge in [0.25, 0.3) is 0 Å². The van der Waals surface area contributed by atoms with Crippen LogP contribution in [0.4, 0.5) is 4.39 Å². The Hall–Kier alpha value is -1.05. The Morgan fingerprint density at radius 2 is 2.32 bits per heavy atom. The first kappa shape index (κ1) is 14.4. The Labute approximate surface area is 118 Å². The van der Waals surface area contributed by atoms with E-state index in [0.29, 0.717) is 23.4 Å². The van der Waals surface area contributed by atoms with Crippen molar-refractivity contribution >= 4 is 11.8 Å². The van der Waals surface area contributed by atoms with Gasteiger partial charge in [-0.1, -0.05) is 13.3 Å². The van der Waals surface area contributed by atoms with Crippen LogP contribution in [-0.4, -0.2) is 17.0 Å². The normalized spacial score (nSPS) is 22.4. The molecule has 0 spiro atoms. The van der Waals surface area contributed by atoms with E-state index in [9.17, 15) is 4.39 Å². The number of hydrogen-bond donors (Lipinski definition) is 1. The fourth-order valence-corrected chi connectivity index (χ4v) is 3.86. The lowest BCUT2D eigenvalue weighted by molar-refractivity contribution is 0.529. The zero-order chi connectivity index (χ0) is 13.7. The molecule has 102 valence electrons. The van der Waals surface area contributed by atoms with Crippen molar-refractivity contribution in [2.24, 2.45) is 0 Å². The number of nitrogens with zero attached hydrogens (tertiary/aromatic N) is 1. The largest absolute Gasteiger partial charge is 0.309 e. The van der Waals surface area contributed by atoms with E-state index >= 15 is 0 Å². The summed E-state index contributed by atoms with van der Waals surface area (Å²) in [6.45, 7) is 2.76. The molecule has 1 aliphatic carbocycles. The van der Waals surface area contributed by atoms with E-state index in [2.05, 4.69) is 18.3 Å². The molecule has 0 aromatic heterocycles. The van der Waals surface area contributed by atoms with Crippen LogP contribution in [0.15, 0.2) is 18.2 Å². The third-order valence-corrected chi connectivity index (χ3v) is 4.90. The third kappa shape index (κ3) is 3.71. The quantitative estimate of drug-likeness (QED) is 0.896. The highest BCUT2D eigenvalue weighted by atomic mass is 32.2. The maximum absolute atomic E-state index is 13.2. The summed E-state index contributed by atoms with van der Waals surface area (Å²) in [7, 11) is 0. The minimum Gasteiger partial charge on any atom is -0.309 e. The lowest BCUT2D eigenvalue weighted by Gasteiger charge is -2.20. The molecule has 2 unspecified atom stereocenters. The average molecular weight is 278 g/mol. The number of nitriles is 1. The van der Waals surface area contributed by atoms with Gasteiger partial charge in [-0.3, -0.25) is 0 Å². The highest BCUT2D eigenvalue weighted by molar-refractivity contribution is 7.99. The minimum atomic E-state index is -0.276. The van der Waals surface area contributed by atoms with E-state index in [4.69, 9.17) is 5.26 Å². The maximum atomic E-state index is 13.2. The van der Waals surface area contributed by atoms with Gasteiger partial charge in [0.05, 0.1) is 11.6 Å². The number of hydrogen-bond acceptors (Lipinski definition) is 3. The van der Waals surface area contributed by atoms with Gasteiger partial charge in [0.15, 0.2) is 0 Å². The minimum absolute atomic E-state index is 0.276. The molecule has 2 nitrogen and oxygen atoms in total. The molecule has 1 aromatic rings. The summed E-state index contributed by atoms with van der Waals surface area (Å²) in [6, 6.07) is 6.96. The smallest absolute Gasteiger partial charge is 0.123 e. The molecule has 0 amide bonds. The summed E-state index contributed by atoms with van der Waals surface area (Å²) in [4.78, 5) is 0. The molecule has 0 bridgehead atoms. The third-order valence-electron chi connectivity index (χ3n) is 3.58. The number of nitrogens with one attached hydrogen (secondary N) is 1. The Morgan fingerprint density at radius 1 is 1.47 bits per heavy atom. The second-order valence-corrected chi connectivity index (χ2v) is 6.34. The Balaban J connectivity index is 1.98. The Kier molecular flexibility index (Phi) is 5.24. The van der Waals surface area contributed by atoms with Crippen molar-refractivity contribution in [1.29, 1.82) is 5.26 Å². The second kappa shape index (κ2) is 6.93. The van der Waals surface area contributed by atoms with E-state index < -0.39 is 0 Å². The molecule has 2 rings (SSSR count). The highest BCUT2D eigenvalue weighted by Gasteiger charge is 2.26. The lowest BCUT2D eigenvalue weighted by atomic mass is 10.1. The molecule has 1 aliphatic rings. The average Bonchev–Trinajstić information content (AvgIpc) is 2.84. The molecule has 0 saturated heterocycles. The Morgan fingerprint density at radius 3 is 3.05 bits per heavy atom. The molecular weight excluding hydrogens is 259 g/mol. The molecule has 0 radical (unpaired) electrons. The molecule has 0 heterocycles. The van der Waals surface area contributed by atoms with Gasteiger partial charge in [-0.25, -0.2) is 4.39 Å². The summed E-state index contributed by atoms with van der Waals surface area (Å²) in [5.74, 6) is 0.855. The number of benzene rings is 1. The van der Waals surface area contributed by atoms with Gasteiger partial charge >= 0.3 is 0 Å². The van der Waals surface area contributed by atoms with Gasteiger partial charge < -0.3 is 5.32 Å². The van der Waals surface area contributed by atoms with Crippen LogP contribution in [0.2, 0.25) is 0 Å². The number of thioether (sulfide) groups is 1. The standard InChI is InChI=1S/C15H19FN2S/c1-2-19-15-5-3-4-14(15)18-10-12-8-13(16)7-6-11(12)9-17/h6-8,14-15,18H,2-5,10H2,1H3. The van der Waals surface area contributed by atoms with Crippen molar-refractivity contribution in [2.45, 2.75) is 44.0 Å². The maximum Gasteiger partial charge on any atom is 0.123 e. The van der Waals surface area contributed by atoms with Gasteiger partial charge in [0.1, 0.15) is 5.82 Å². The van der Waals surface area contributed by atoms with Gasteiger partial charge in [0.2, 0.25) is 0 Å². The molecular formula is C15H19FN2S. The van der Waals surface area contributed by atoms with Crippen LogP contribution in [0.3, 0.4) is 0 Å². The van der Waals surface area contributed by atoms with E-state index in [1.54, 1.807) is 6.07 Å². The topological polar surface area (TPSA) is 35.8 Å². The first-order valence-corrected chi connectivity index (χ1v) is 7.83. The first-order chi connectivity index (χ1) is 9.24. The van der Waals surface area contributed by atoms with E-state index in [1.165, 1.54) is 31.4 Å².